The summed E-state index contributed by atoms with van der Waals surface area (Å²) in [6, 6.07) is 1.78. The van der Waals surface area contributed by atoms with Crippen LogP contribution in [0.25, 0.3) is 0 Å². The Hall–Kier alpha value is -1.64. The second-order valence-corrected chi connectivity index (χ2v) is 7.22. The molecule has 0 aliphatic heterocycles. The normalized spacial score (nSPS) is 10.5. The maximum absolute atomic E-state index is 11.7. The van der Waals surface area contributed by atoms with E-state index in [0.29, 0.717) is 27.2 Å². The average molecular weight is 387 g/mol. The van der Waals surface area contributed by atoms with Crippen molar-refractivity contribution in [3.05, 3.63) is 33.4 Å². The van der Waals surface area contributed by atoms with Crippen molar-refractivity contribution < 1.29 is 9.53 Å². The van der Waals surface area contributed by atoms with Crippen LogP contribution in [0.2, 0.25) is 5.02 Å². The van der Waals surface area contributed by atoms with Gasteiger partial charge in [0.1, 0.15) is 5.00 Å². The minimum atomic E-state index is -0.379. The van der Waals surface area contributed by atoms with E-state index >= 15 is 0 Å². The van der Waals surface area contributed by atoms with Gasteiger partial charge in [-0.25, -0.2) is 4.79 Å². The van der Waals surface area contributed by atoms with Crippen molar-refractivity contribution in [2.75, 3.05) is 19.0 Å². The van der Waals surface area contributed by atoms with Crippen molar-refractivity contribution in [1.82, 2.24) is 15.1 Å². The summed E-state index contributed by atoms with van der Waals surface area (Å²) < 4.78 is 6.59. The Labute approximate surface area is 155 Å². The molecule has 24 heavy (non-hydrogen) atoms. The number of rotatable bonds is 6. The van der Waals surface area contributed by atoms with Gasteiger partial charge in [-0.1, -0.05) is 11.6 Å². The quantitative estimate of drug-likeness (QED) is 0.450. The smallest absolute Gasteiger partial charge is 0.340 e. The third-order valence-electron chi connectivity index (χ3n) is 3.22. The molecule has 0 fully saturated rings. The van der Waals surface area contributed by atoms with Crippen molar-refractivity contribution in [2.45, 2.75) is 26.8 Å². The average Bonchev–Trinajstić information content (AvgIpc) is 3.05. The monoisotopic (exact) mass is 386 g/mol. The molecule has 0 amide bonds. The number of hydrogen-bond acceptors (Lipinski definition) is 5. The maximum atomic E-state index is 11.7. The molecule has 0 atom stereocenters. The summed E-state index contributed by atoms with van der Waals surface area (Å²) in [6.45, 7) is 5.23. The van der Waals surface area contributed by atoms with Crippen molar-refractivity contribution in [1.29, 1.82) is 0 Å². The van der Waals surface area contributed by atoms with Crippen LogP contribution in [-0.2, 0) is 11.3 Å². The molecule has 2 heterocycles. The fraction of sp³-hybridized carbons (Fsp3) is 0.400. The van der Waals surface area contributed by atoms with Crippen LogP contribution in [0, 0.1) is 13.8 Å². The molecule has 0 saturated heterocycles. The minimum absolute atomic E-state index is 0.379. The third kappa shape index (κ3) is 4.93. The minimum Gasteiger partial charge on any atom is -0.465 e. The van der Waals surface area contributed by atoms with E-state index in [4.69, 9.17) is 28.6 Å². The zero-order chi connectivity index (χ0) is 17.7. The number of aromatic nitrogens is 2. The van der Waals surface area contributed by atoms with Crippen LogP contribution in [0.5, 0.6) is 0 Å². The summed E-state index contributed by atoms with van der Waals surface area (Å²) in [7, 11) is 1.36. The molecule has 0 aliphatic rings. The van der Waals surface area contributed by atoms with E-state index in [2.05, 4.69) is 15.7 Å². The third-order valence-corrected chi connectivity index (χ3v) is 4.81. The first kappa shape index (κ1) is 18.7. The number of thiophene rings is 1. The van der Waals surface area contributed by atoms with Crippen LogP contribution >= 0.6 is 35.2 Å². The van der Waals surface area contributed by atoms with Crippen LogP contribution < -0.4 is 10.6 Å². The first-order chi connectivity index (χ1) is 11.4. The summed E-state index contributed by atoms with van der Waals surface area (Å²) in [5, 5.41) is 12.3. The van der Waals surface area contributed by atoms with E-state index < -0.39 is 0 Å². The van der Waals surface area contributed by atoms with Gasteiger partial charge in [0.2, 0.25) is 0 Å². The number of aryl methyl sites for hydroxylation is 3. The van der Waals surface area contributed by atoms with Gasteiger partial charge in [-0.05, 0) is 38.6 Å². The zero-order valence-electron chi connectivity index (χ0n) is 13.7. The number of nitrogens with zero attached hydrogens (tertiary/aromatic N) is 2. The largest absolute Gasteiger partial charge is 0.465 e. The molecule has 0 unspecified atom stereocenters. The molecule has 9 heteroatoms. The number of carbonyl (C=O) groups is 1. The van der Waals surface area contributed by atoms with Crippen molar-refractivity contribution in [3.63, 3.8) is 0 Å². The Balaban J connectivity index is 1.80. The Bertz CT molecular complexity index is 722. The van der Waals surface area contributed by atoms with Crippen molar-refractivity contribution >= 4 is 51.2 Å². The van der Waals surface area contributed by atoms with Gasteiger partial charge >= 0.3 is 5.97 Å². The predicted octanol–water partition coefficient (Wildman–Crippen LogP) is 3.38. The van der Waals surface area contributed by atoms with Gasteiger partial charge in [-0.15, -0.1) is 11.3 Å². The lowest BCUT2D eigenvalue weighted by Crippen LogP contribution is -2.30. The van der Waals surface area contributed by atoms with Gasteiger partial charge in [-0.2, -0.15) is 5.10 Å². The lowest BCUT2D eigenvalue weighted by Gasteiger charge is -2.10. The number of anilines is 1. The molecule has 2 N–H and O–H groups in total. The van der Waals surface area contributed by atoms with Crippen LogP contribution in [0.3, 0.4) is 0 Å². The SMILES string of the molecule is COC(=O)c1cc(C)sc1NC(=S)NCCCn1cc(Cl)c(C)n1. The number of esters is 1. The van der Waals surface area contributed by atoms with Gasteiger partial charge < -0.3 is 15.4 Å². The van der Waals surface area contributed by atoms with Crippen LogP contribution in [0.4, 0.5) is 5.00 Å². The Morgan fingerprint density at radius 1 is 1.50 bits per heavy atom. The lowest BCUT2D eigenvalue weighted by atomic mass is 10.3. The van der Waals surface area contributed by atoms with Gasteiger partial charge in [0.15, 0.2) is 5.11 Å². The Morgan fingerprint density at radius 2 is 2.25 bits per heavy atom. The Kier molecular flexibility index (Phi) is 6.59. The summed E-state index contributed by atoms with van der Waals surface area (Å²) >= 11 is 12.7. The molecular formula is C15H19ClN4O2S2. The summed E-state index contributed by atoms with van der Waals surface area (Å²) in [5.74, 6) is -0.379. The molecular weight excluding hydrogens is 368 g/mol. The molecule has 0 saturated carbocycles. The van der Waals surface area contributed by atoms with Crippen molar-refractivity contribution in [3.8, 4) is 0 Å². The fourth-order valence-electron chi connectivity index (χ4n) is 2.07. The van der Waals surface area contributed by atoms with Crippen LogP contribution in [0.15, 0.2) is 12.3 Å². The molecule has 2 aromatic heterocycles. The zero-order valence-corrected chi connectivity index (χ0v) is 16.1. The molecule has 6 nitrogen and oxygen atoms in total. The first-order valence-electron chi connectivity index (χ1n) is 7.34. The molecule has 0 aliphatic carbocycles. The van der Waals surface area contributed by atoms with E-state index in [9.17, 15) is 4.79 Å². The highest BCUT2D eigenvalue weighted by atomic mass is 35.5. The molecule has 0 aromatic carbocycles. The maximum Gasteiger partial charge on any atom is 0.340 e. The summed E-state index contributed by atoms with van der Waals surface area (Å²) in [4.78, 5) is 12.7. The molecule has 0 spiro atoms. The molecule has 0 bridgehead atoms. The fourth-order valence-corrected chi connectivity index (χ4v) is 3.39. The van der Waals surface area contributed by atoms with Crippen LogP contribution in [0.1, 0.15) is 27.3 Å². The molecule has 130 valence electrons. The highest BCUT2D eigenvalue weighted by molar-refractivity contribution is 7.80. The number of ether oxygens (including phenoxy) is 1. The molecule has 2 rings (SSSR count). The predicted molar refractivity (Wildman–Crippen MR) is 101 cm³/mol. The molecule has 0 radical (unpaired) electrons. The number of nitrogens with one attached hydrogen (secondary N) is 2. The van der Waals surface area contributed by atoms with E-state index in [1.54, 1.807) is 6.07 Å². The van der Waals surface area contributed by atoms with E-state index in [-0.39, 0.29) is 5.97 Å². The lowest BCUT2D eigenvalue weighted by molar-refractivity contribution is 0.0602. The first-order valence-corrected chi connectivity index (χ1v) is 8.94. The number of carbonyl (C=O) groups excluding carboxylic acids is 1. The van der Waals surface area contributed by atoms with Gasteiger partial charge in [0, 0.05) is 24.2 Å². The van der Waals surface area contributed by atoms with Gasteiger partial charge in [-0.3, -0.25) is 4.68 Å². The number of hydrogen-bond donors (Lipinski definition) is 2. The van der Waals surface area contributed by atoms with Gasteiger partial charge in [0.25, 0.3) is 0 Å². The van der Waals surface area contributed by atoms with E-state index in [0.717, 1.165) is 23.5 Å². The Morgan fingerprint density at radius 3 is 2.88 bits per heavy atom. The number of halogens is 1. The second-order valence-electron chi connectivity index (χ2n) is 5.15. The second kappa shape index (κ2) is 8.46. The highest BCUT2D eigenvalue weighted by Gasteiger charge is 2.16. The number of thiocarbonyl (C=S) groups is 1. The topological polar surface area (TPSA) is 68.2 Å². The summed E-state index contributed by atoms with van der Waals surface area (Å²) in [5.41, 5.74) is 1.32. The van der Waals surface area contributed by atoms with Crippen molar-refractivity contribution in [2.24, 2.45) is 0 Å². The molecule has 2 aromatic rings. The van der Waals surface area contributed by atoms with Crippen LogP contribution in [-0.4, -0.2) is 34.5 Å². The number of methoxy groups -OCH3 is 1. The van der Waals surface area contributed by atoms with Gasteiger partial charge in [0.05, 0.1) is 23.4 Å². The van der Waals surface area contributed by atoms with E-state index in [1.807, 2.05) is 24.7 Å². The highest BCUT2D eigenvalue weighted by Crippen LogP contribution is 2.28. The summed E-state index contributed by atoms with van der Waals surface area (Å²) in [6.07, 6.45) is 2.65. The van der Waals surface area contributed by atoms with E-state index in [1.165, 1.54) is 18.4 Å². The standard InChI is InChI=1S/C15H19ClN4O2S2/c1-9-7-11(14(21)22-3)13(24-9)18-15(23)17-5-4-6-20-8-12(16)10(2)19-20/h7-8H,4-6H2,1-3H3,(H2,17,18,23).